The van der Waals surface area contributed by atoms with Gasteiger partial charge in [0.05, 0.1) is 19.3 Å². The molecule has 0 amide bonds. The zero-order chi connectivity index (χ0) is 14.0. The lowest BCUT2D eigenvalue weighted by atomic mass is 10.2. The van der Waals surface area contributed by atoms with Gasteiger partial charge in [-0.25, -0.2) is 0 Å². The molecule has 0 aliphatic carbocycles. The lowest BCUT2D eigenvalue weighted by Crippen LogP contribution is -2.23. The van der Waals surface area contributed by atoms with E-state index in [9.17, 15) is 4.79 Å². The van der Waals surface area contributed by atoms with E-state index in [0.29, 0.717) is 25.0 Å². The van der Waals surface area contributed by atoms with Crippen LogP contribution >= 0.6 is 46.1 Å². The molecule has 0 fully saturated rings. The first-order valence-corrected chi connectivity index (χ1v) is 7.33. The van der Waals surface area contributed by atoms with Crippen molar-refractivity contribution in [3.63, 3.8) is 0 Å². The van der Waals surface area contributed by atoms with Gasteiger partial charge in [-0.15, -0.1) is 11.3 Å². The zero-order valence-electron chi connectivity index (χ0n) is 9.82. The Kier molecular flexibility index (Phi) is 4.74. The van der Waals surface area contributed by atoms with Gasteiger partial charge in [0.25, 0.3) is 0 Å². The summed E-state index contributed by atoms with van der Waals surface area (Å²) in [6, 6.07) is 8.24. The first-order valence-electron chi connectivity index (χ1n) is 5.38. The molecule has 1 aromatic heterocycles. The summed E-state index contributed by atoms with van der Waals surface area (Å²) in [4.78, 5) is 12.6. The Morgan fingerprint density at radius 2 is 1.89 bits per heavy atom. The predicted molar refractivity (Wildman–Crippen MR) is 80.2 cm³/mol. The Bertz CT molecular complexity index is 610. The molecule has 1 aromatic carbocycles. The number of Topliss-reactive ketones (excluding diaryl/α,β-unsaturated/α-hetero) is 1. The number of hydrogen-bond donors (Lipinski definition) is 0. The largest absolute Gasteiger partial charge is 0.482 e. The van der Waals surface area contributed by atoms with Crippen LogP contribution in [-0.4, -0.2) is 11.9 Å². The van der Waals surface area contributed by atoms with Gasteiger partial charge in [0.2, 0.25) is 5.78 Å². The van der Waals surface area contributed by atoms with Crippen LogP contribution in [0.3, 0.4) is 0 Å². The summed E-state index contributed by atoms with van der Waals surface area (Å²) in [5, 5.41) is 0.830. The van der Waals surface area contributed by atoms with Crippen molar-refractivity contribution in [2.45, 2.75) is 13.0 Å². The summed E-state index contributed by atoms with van der Waals surface area (Å²) < 4.78 is 6.12. The zero-order valence-corrected chi connectivity index (χ0v) is 12.9. The fourth-order valence-electron chi connectivity index (χ4n) is 1.45. The van der Waals surface area contributed by atoms with Crippen LogP contribution in [0.2, 0.25) is 14.4 Å². The molecule has 0 aliphatic heterocycles. The minimum absolute atomic E-state index is 0.122. The third kappa shape index (κ3) is 3.63. The summed E-state index contributed by atoms with van der Waals surface area (Å²) in [6.45, 7) is 1.68. The monoisotopic (exact) mass is 334 g/mol. The predicted octanol–water partition coefficient (Wildman–Crippen LogP) is 5.36. The first kappa shape index (κ1) is 14.7. The number of hydrogen-bond acceptors (Lipinski definition) is 3. The summed E-state index contributed by atoms with van der Waals surface area (Å²) >= 11 is 18.7. The molecule has 0 spiro atoms. The molecule has 0 N–H and O–H groups in total. The van der Waals surface area contributed by atoms with E-state index >= 15 is 0 Å². The maximum Gasteiger partial charge on any atom is 0.212 e. The van der Waals surface area contributed by atoms with E-state index in [1.807, 2.05) is 0 Å². The van der Waals surface area contributed by atoms with Crippen molar-refractivity contribution in [1.29, 1.82) is 0 Å². The van der Waals surface area contributed by atoms with Gasteiger partial charge in [-0.1, -0.05) is 34.8 Å². The molecule has 0 saturated carbocycles. The highest BCUT2D eigenvalue weighted by molar-refractivity contribution is 7.18. The van der Waals surface area contributed by atoms with Gasteiger partial charge in [-0.05, 0) is 31.2 Å². The molecule has 1 heterocycles. The molecule has 6 heteroatoms. The van der Waals surface area contributed by atoms with Crippen molar-refractivity contribution in [3.05, 3.63) is 49.6 Å². The second-order valence-corrected chi connectivity index (χ2v) is 6.33. The van der Waals surface area contributed by atoms with Crippen molar-refractivity contribution >= 4 is 51.9 Å². The number of halogens is 3. The van der Waals surface area contributed by atoms with Gasteiger partial charge >= 0.3 is 0 Å². The highest BCUT2D eigenvalue weighted by Gasteiger charge is 2.19. The van der Waals surface area contributed by atoms with Crippen molar-refractivity contribution in [3.8, 4) is 5.75 Å². The lowest BCUT2D eigenvalue weighted by Gasteiger charge is -2.13. The van der Waals surface area contributed by atoms with Crippen molar-refractivity contribution in [1.82, 2.24) is 0 Å². The molecule has 100 valence electrons. The Labute approximate surface area is 129 Å². The second kappa shape index (κ2) is 6.14. The molecule has 1 atom stereocenters. The minimum atomic E-state index is -0.619. The molecule has 0 radical (unpaired) electrons. The Hall–Kier alpha value is -0.740. The SMILES string of the molecule is CC(Oc1ccc(Cl)c(Cl)c1)C(=O)c1ccc(Cl)s1. The number of carbonyl (C=O) groups excluding carboxylic acids is 1. The summed E-state index contributed by atoms with van der Waals surface area (Å²) in [5.74, 6) is 0.376. The van der Waals surface area contributed by atoms with Gasteiger partial charge in [0.15, 0.2) is 6.10 Å². The van der Waals surface area contributed by atoms with Crippen molar-refractivity contribution < 1.29 is 9.53 Å². The van der Waals surface area contributed by atoms with Crippen LogP contribution in [0.4, 0.5) is 0 Å². The molecular formula is C13H9Cl3O2S. The van der Waals surface area contributed by atoms with E-state index in [4.69, 9.17) is 39.5 Å². The molecule has 0 aliphatic rings. The molecule has 0 saturated heterocycles. The summed E-state index contributed by atoms with van der Waals surface area (Å²) in [6.07, 6.45) is -0.619. The average Bonchev–Trinajstić information content (AvgIpc) is 2.79. The van der Waals surface area contributed by atoms with Crippen LogP contribution in [0.1, 0.15) is 16.6 Å². The highest BCUT2D eigenvalue weighted by Crippen LogP contribution is 2.28. The Morgan fingerprint density at radius 3 is 2.47 bits per heavy atom. The van der Waals surface area contributed by atoms with Gasteiger partial charge in [0, 0.05) is 6.07 Å². The Balaban J connectivity index is 2.10. The van der Waals surface area contributed by atoms with E-state index in [1.165, 1.54) is 11.3 Å². The normalized spacial score (nSPS) is 12.2. The third-order valence-corrected chi connectivity index (χ3v) is 4.37. The topological polar surface area (TPSA) is 26.3 Å². The maximum atomic E-state index is 12.1. The Morgan fingerprint density at radius 1 is 1.16 bits per heavy atom. The van der Waals surface area contributed by atoms with E-state index in [1.54, 1.807) is 37.3 Å². The van der Waals surface area contributed by atoms with E-state index in [2.05, 4.69) is 0 Å². The quantitative estimate of drug-likeness (QED) is 0.703. The number of rotatable bonds is 4. The van der Waals surface area contributed by atoms with Gasteiger partial charge in [-0.3, -0.25) is 4.79 Å². The van der Waals surface area contributed by atoms with Crippen LogP contribution in [0, 0.1) is 0 Å². The fourth-order valence-corrected chi connectivity index (χ4v) is 2.80. The third-order valence-electron chi connectivity index (χ3n) is 2.39. The number of carbonyl (C=O) groups is 1. The van der Waals surface area contributed by atoms with Gasteiger partial charge in [0.1, 0.15) is 5.75 Å². The first-order chi connectivity index (χ1) is 8.97. The standard InChI is InChI=1S/C13H9Cl3O2S/c1-7(13(17)11-4-5-12(16)19-11)18-8-2-3-9(14)10(15)6-8/h2-7H,1H3. The molecular weight excluding hydrogens is 327 g/mol. The van der Waals surface area contributed by atoms with Gasteiger partial charge < -0.3 is 4.74 Å². The van der Waals surface area contributed by atoms with Gasteiger partial charge in [-0.2, -0.15) is 0 Å². The van der Waals surface area contributed by atoms with E-state index in [-0.39, 0.29) is 5.78 Å². The van der Waals surface area contributed by atoms with Crippen LogP contribution in [0.5, 0.6) is 5.75 Å². The molecule has 0 bridgehead atoms. The molecule has 2 nitrogen and oxygen atoms in total. The summed E-state index contributed by atoms with van der Waals surface area (Å²) in [7, 11) is 0. The minimum Gasteiger partial charge on any atom is -0.482 e. The second-order valence-electron chi connectivity index (χ2n) is 3.80. The van der Waals surface area contributed by atoms with Crippen LogP contribution < -0.4 is 4.74 Å². The molecule has 2 aromatic rings. The number of ketones is 1. The van der Waals surface area contributed by atoms with Crippen LogP contribution in [0.15, 0.2) is 30.3 Å². The maximum absolute atomic E-state index is 12.1. The molecule has 19 heavy (non-hydrogen) atoms. The molecule has 2 rings (SSSR count). The average molecular weight is 336 g/mol. The van der Waals surface area contributed by atoms with E-state index < -0.39 is 6.10 Å². The summed E-state index contributed by atoms with van der Waals surface area (Å²) in [5.41, 5.74) is 0. The molecule has 1 unspecified atom stereocenters. The number of thiophene rings is 1. The lowest BCUT2D eigenvalue weighted by molar-refractivity contribution is 0.0822. The fraction of sp³-hybridized carbons (Fsp3) is 0.154. The van der Waals surface area contributed by atoms with E-state index in [0.717, 1.165) is 0 Å². The number of ether oxygens (including phenoxy) is 1. The van der Waals surface area contributed by atoms with Crippen molar-refractivity contribution in [2.24, 2.45) is 0 Å². The van der Waals surface area contributed by atoms with Crippen LogP contribution in [-0.2, 0) is 0 Å². The smallest absolute Gasteiger partial charge is 0.212 e. The van der Waals surface area contributed by atoms with Crippen LogP contribution in [0.25, 0.3) is 0 Å². The highest BCUT2D eigenvalue weighted by atomic mass is 35.5. The number of benzene rings is 1. The van der Waals surface area contributed by atoms with Crippen molar-refractivity contribution in [2.75, 3.05) is 0 Å².